The maximum Gasteiger partial charge on any atom is 0.264 e. The van der Waals surface area contributed by atoms with Crippen LogP contribution < -0.4 is 10.9 Å². The Kier molecular flexibility index (Phi) is 2.43. The first-order valence-electron chi connectivity index (χ1n) is 3.23. The van der Waals surface area contributed by atoms with E-state index in [9.17, 15) is 4.79 Å². The smallest absolute Gasteiger partial charge is 0.264 e. The number of rotatable bonds is 3. The number of H-pyrrole nitrogens is 1. The second-order valence-corrected chi connectivity index (χ2v) is 1.98. The van der Waals surface area contributed by atoms with Crippen molar-refractivity contribution in [3.63, 3.8) is 0 Å². The zero-order valence-corrected chi connectivity index (χ0v) is 6.00. The van der Waals surface area contributed by atoms with Gasteiger partial charge >= 0.3 is 0 Å². The highest BCUT2D eigenvalue weighted by molar-refractivity contribution is 5.31. The minimum absolute atomic E-state index is 0.200. The molecule has 1 aromatic heterocycles. The van der Waals surface area contributed by atoms with Gasteiger partial charge in [-0.3, -0.25) is 4.79 Å². The maximum atomic E-state index is 10.5. The summed E-state index contributed by atoms with van der Waals surface area (Å²) in [6.45, 7) is 4.17. The van der Waals surface area contributed by atoms with Crippen LogP contribution in [0.4, 0.5) is 5.82 Å². The molecule has 4 nitrogen and oxygen atoms in total. The van der Waals surface area contributed by atoms with Crippen LogP contribution in [0.15, 0.2) is 29.6 Å². The van der Waals surface area contributed by atoms with Crippen LogP contribution in [-0.2, 0) is 0 Å². The topological polar surface area (TPSA) is 57.8 Å². The van der Waals surface area contributed by atoms with E-state index in [1.54, 1.807) is 12.1 Å². The largest absolute Gasteiger partial charge is 0.365 e. The van der Waals surface area contributed by atoms with Gasteiger partial charge in [0.2, 0.25) is 0 Å². The molecular formula is C7H9N3O. The van der Waals surface area contributed by atoms with Crippen molar-refractivity contribution in [3.05, 3.63) is 35.1 Å². The third-order valence-corrected chi connectivity index (χ3v) is 1.11. The van der Waals surface area contributed by atoms with Gasteiger partial charge in [0, 0.05) is 12.6 Å². The highest BCUT2D eigenvalue weighted by Crippen LogP contribution is 1.93. The van der Waals surface area contributed by atoms with Gasteiger partial charge in [0.25, 0.3) is 5.56 Å². The Bertz CT molecular complexity index is 271. The molecule has 0 fully saturated rings. The first-order chi connectivity index (χ1) is 5.33. The van der Waals surface area contributed by atoms with E-state index in [-0.39, 0.29) is 5.56 Å². The summed E-state index contributed by atoms with van der Waals surface area (Å²) in [7, 11) is 0. The van der Waals surface area contributed by atoms with Gasteiger partial charge in [0.15, 0.2) is 0 Å². The predicted octanol–water partition coefficient (Wildman–Crippen LogP) is 0.368. The molecule has 0 atom stereocenters. The second-order valence-electron chi connectivity index (χ2n) is 1.98. The van der Waals surface area contributed by atoms with Crippen LogP contribution in [-0.4, -0.2) is 16.7 Å². The molecule has 0 aromatic carbocycles. The van der Waals surface area contributed by atoms with E-state index in [1.165, 1.54) is 6.07 Å². The molecular weight excluding hydrogens is 142 g/mol. The zero-order chi connectivity index (χ0) is 8.10. The molecule has 1 aromatic rings. The molecule has 0 amide bonds. The fraction of sp³-hybridized carbons (Fsp3) is 0.143. The summed E-state index contributed by atoms with van der Waals surface area (Å²) >= 11 is 0. The van der Waals surface area contributed by atoms with Crippen molar-refractivity contribution in [3.8, 4) is 0 Å². The van der Waals surface area contributed by atoms with E-state index in [0.717, 1.165) is 0 Å². The van der Waals surface area contributed by atoms with Gasteiger partial charge in [-0.15, -0.1) is 6.58 Å². The number of anilines is 1. The molecule has 1 rings (SSSR count). The highest BCUT2D eigenvalue weighted by atomic mass is 16.1. The summed E-state index contributed by atoms with van der Waals surface area (Å²) in [6.07, 6.45) is 1.72. The summed E-state index contributed by atoms with van der Waals surface area (Å²) in [5, 5.41) is 8.95. The van der Waals surface area contributed by atoms with Crippen molar-refractivity contribution in [2.75, 3.05) is 11.9 Å². The Hall–Kier alpha value is -1.58. The van der Waals surface area contributed by atoms with Crippen LogP contribution in [0.5, 0.6) is 0 Å². The van der Waals surface area contributed by atoms with E-state index >= 15 is 0 Å². The van der Waals surface area contributed by atoms with Gasteiger partial charge in [-0.1, -0.05) is 6.08 Å². The number of nitrogens with one attached hydrogen (secondary N) is 2. The molecule has 58 valence electrons. The Labute approximate surface area is 64.0 Å². The first kappa shape index (κ1) is 7.53. The molecule has 0 spiro atoms. The van der Waals surface area contributed by atoms with Gasteiger partial charge in [-0.25, -0.2) is 5.10 Å². The molecule has 0 aliphatic heterocycles. The van der Waals surface area contributed by atoms with Gasteiger partial charge in [-0.2, -0.15) is 5.10 Å². The summed E-state index contributed by atoms with van der Waals surface area (Å²) in [4.78, 5) is 10.5. The van der Waals surface area contributed by atoms with Gasteiger partial charge in [-0.05, 0) is 6.07 Å². The van der Waals surface area contributed by atoms with Gasteiger partial charge in [0.1, 0.15) is 5.82 Å². The number of hydrogen-bond acceptors (Lipinski definition) is 3. The minimum atomic E-state index is -0.200. The molecule has 1 heterocycles. The number of aromatic amines is 1. The van der Waals surface area contributed by atoms with Crippen LogP contribution >= 0.6 is 0 Å². The summed E-state index contributed by atoms with van der Waals surface area (Å²) in [6, 6.07) is 3.03. The molecule has 11 heavy (non-hydrogen) atoms. The van der Waals surface area contributed by atoms with Crippen molar-refractivity contribution in [2.24, 2.45) is 0 Å². The van der Waals surface area contributed by atoms with Crippen molar-refractivity contribution >= 4 is 5.82 Å². The van der Waals surface area contributed by atoms with E-state index in [1.807, 2.05) is 0 Å². The van der Waals surface area contributed by atoms with Crippen molar-refractivity contribution in [1.29, 1.82) is 0 Å². The molecule has 0 aliphatic rings. The zero-order valence-electron chi connectivity index (χ0n) is 6.00. The third-order valence-electron chi connectivity index (χ3n) is 1.11. The standard InChI is InChI=1S/C7H9N3O/c1-2-5-8-6-3-4-7(11)10-9-6/h2-4H,1,5H2,(H,8,9)(H,10,11). The van der Waals surface area contributed by atoms with E-state index in [2.05, 4.69) is 22.1 Å². The van der Waals surface area contributed by atoms with E-state index in [4.69, 9.17) is 0 Å². The molecule has 4 heteroatoms. The van der Waals surface area contributed by atoms with Crippen molar-refractivity contribution in [1.82, 2.24) is 10.2 Å². The Morgan fingerprint density at radius 3 is 3.09 bits per heavy atom. The van der Waals surface area contributed by atoms with Crippen LogP contribution in [0.3, 0.4) is 0 Å². The lowest BCUT2D eigenvalue weighted by molar-refractivity contribution is 0.984. The summed E-state index contributed by atoms with van der Waals surface area (Å²) in [5.74, 6) is 0.643. The van der Waals surface area contributed by atoms with Crippen molar-refractivity contribution < 1.29 is 0 Å². The van der Waals surface area contributed by atoms with Gasteiger partial charge < -0.3 is 5.32 Å². The van der Waals surface area contributed by atoms with Crippen LogP contribution in [0, 0.1) is 0 Å². The number of hydrogen-bond donors (Lipinski definition) is 2. The third kappa shape index (κ3) is 2.25. The fourth-order valence-electron chi connectivity index (χ4n) is 0.620. The molecule has 0 saturated carbocycles. The van der Waals surface area contributed by atoms with E-state index < -0.39 is 0 Å². The summed E-state index contributed by atoms with van der Waals surface area (Å²) < 4.78 is 0. The average molecular weight is 151 g/mol. The van der Waals surface area contributed by atoms with Crippen LogP contribution in [0.2, 0.25) is 0 Å². The monoisotopic (exact) mass is 151 g/mol. The van der Waals surface area contributed by atoms with E-state index in [0.29, 0.717) is 12.4 Å². The second kappa shape index (κ2) is 3.55. The quantitative estimate of drug-likeness (QED) is 0.613. The average Bonchev–Trinajstić information content (AvgIpc) is 2.04. The van der Waals surface area contributed by atoms with Crippen LogP contribution in [0.25, 0.3) is 0 Å². The normalized spacial score (nSPS) is 9.09. The van der Waals surface area contributed by atoms with Gasteiger partial charge in [0.05, 0.1) is 0 Å². The molecule has 0 unspecified atom stereocenters. The molecule has 0 radical (unpaired) electrons. The molecule has 2 N–H and O–H groups in total. The Morgan fingerprint density at radius 1 is 1.73 bits per heavy atom. The number of nitrogens with zero attached hydrogens (tertiary/aromatic N) is 1. The lowest BCUT2D eigenvalue weighted by atomic mass is 10.5. The SMILES string of the molecule is C=CCNc1ccc(=O)[nH]n1. The fourth-order valence-corrected chi connectivity index (χ4v) is 0.620. The summed E-state index contributed by atoms with van der Waals surface area (Å²) in [5.41, 5.74) is -0.200. The first-order valence-corrected chi connectivity index (χ1v) is 3.23. The Morgan fingerprint density at radius 2 is 2.55 bits per heavy atom. The molecule has 0 bridgehead atoms. The lowest BCUT2D eigenvalue weighted by Crippen LogP contribution is -2.09. The van der Waals surface area contributed by atoms with Crippen molar-refractivity contribution in [2.45, 2.75) is 0 Å². The predicted molar refractivity (Wildman–Crippen MR) is 43.5 cm³/mol. The van der Waals surface area contributed by atoms with Crippen LogP contribution in [0.1, 0.15) is 0 Å². The maximum absolute atomic E-state index is 10.5. The number of aromatic nitrogens is 2. The lowest BCUT2D eigenvalue weighted by Gasteiger charge is -1.98. The minimum Gasteiger partial charge on any atom is -0.365 e. The Balaban J connectivity index is 2.66. The highest BCUT2D eigenvalue weighted by Gasteiger charge is 1.88. The molecule has 0 saturated heterocycles. The molecule has 0 aliphatic carbocycles.